The summed E-state index contributed by atoms with van der Waals surface area (Å²) in [6.45, 7) is 3.46. The van der Waals surface area contributed by atoms with Crippen molar-refractivity contribution in [2.45, 2.75) is 25.9 Å². The van der Waals surface area contributed by atoms with E-state index in [1.54, 1.807) is 33.2 Å². The van der Waals surface area contributed by atoms with Crippen molar-refractivity contribution in [2.75, 3.05) is 41.0 Å². The third-order valence-corrected chi connectivity index (χ3v) is 5.21. The predicted molar refractivity (Wildman–Crippen MR) is 114 cm³/mol. The molecular weight excluding hydrogens is 402 g/mol. The van der Waals surface area contributed by atoms with E-state index in [0.29, 0.717) is 36.9 Å². The van der Waals surface area contributed by atoms with E-state index in [0.717, 1.165) is 11.3 Å². The summed E-state index contributed by atoms with van der Waals surface area (Å²) in [4.78, 5) is 26.4. The Hall–Kier alpha value is -3.36. The summed E-state index contributed by atoms with van der Waals surface area (Å²) in [5.41, 5.74) is 1.80. The van der Waals surface area contributed by atoms with Crippen LogP contribution in [0, 0.1) is 0 Å². The van der Waals surface area contributed by atoms with Gasteiger partial charge in [0.15, 0.2) is 11.5 Å². The Labute approximate surface area is 181 Å². The first-order valence-electron chi connectivity index (χ1n) is 10.2. The highest BCUT2D eigenvalue weighted by atomic mass is 16.5. The van der Waals surface area contributed by atoms with E-state index >= 15 is 0 Å². The summed E-state index contributed by atoms with van der Waals surface area (Å²) in [6.07, 6.45) is 2.12. The molecule has 1 aliphatic rings. The second-order valence-electron chi connectivity index (χ2n) is 6.97. The van der Waals surface area contributed by atoms with E-state index in [9.17, 15) is 9.59 Å². The number of fused-ring (bicyclic) bond motifs is 1. The molecule has 9 nitrogen and oxygen atoms in total. The van der Waals surface area contributed by atoms with Crippen molar-refractivity contribution in [3.8, 4) is 17.2 Å². The van der Waals surface area contributed by atoms with Gasteiger partial charge in [-0.25, -0.2) is 4.79 Å². The van der Waals surface area contributed by atoms with Crippen LogP contribution in [-0.4, -0.2) is 62.5 Å². The van der Waals surface area contributed by atoms with Crippen LogP contribution in [0.2, 0.25) is 0 Å². The van der Waals surface area contributed by atoms with Crippen molar-refractivity contribution < 1.29 is 28.5 Å². The average Bonchev–Trinajstić information content (AvgIpc) is 3.26. The lowest BCUT2D eigenvalue weighted by molar-refractivity contribution is -0.142. The molecule has 9 heteroatoms. The molecule has 0 saturated heterocycles. The first-order chi connectivity index (χ1) is 15.0. The van der Waals surface area contributed by atoms with E-state index < -0.39 is 0 Å². The molecule has 2 amide bonds. The first kappa shape index (κ1) is 22.3. The van der Waals surface area contributed by atoms with Crippen LogP contribution in [0.1, 0.15) is 30.6 Å². The Balaban J connectivity index is 1.91. The van der Waals surface area contributed by atoms with Crippen LogP contribution < -0.4 is 19.5 Å². The number of hydrogen-bond donors (Lipinski definition) is 1. The number of aromatic nitrogens is 1. The molecule has 1 atom stereocenters. The number of hydrogen-bond acceptors (Lipinski definition) is 6. The summed E-state index contributed by atoms with van der Waals surface area (Å²) in [7, 11) is 4.67. The predicted octanol–water partition coefficient (Wildman–Crippen LogP) is 2.58. The van der Waals surface area contributed by atoms with E-state index in [2.05, 4.69) is 9.88 Å². The molecule has 168 valence electrons. The molecular formula is C22H29N3O6. The molecule has 1 aliphatic heterocycles. The van der Waals surface area contributed by atoms with Gasteiger partial charge in [-0.2, -0.15) is 0 Å². The van der Waals surface area contributed by atoms with Gasteiger partial charge in [0.1, 0.15) is 0 Å². The molecule has 31 heavy (non-hydrogen) atoms. The van der Waals surface area contributed by atoms with Crippen LogP contribution >= 0.6 is 0 Å². The fourth-order valence-corrected chi connectivity index (χ4v) is 3.82. The van der Waals surface area contributed by atoms with Crippen LogP contribution in [0.5, 0.6) is 17.2 Å². The number of rotatable bonds is 8. The van der Waals surface area contributed by atoms with Gasteiger partial charge in [0, 0.05) is 31.5 Å². The lowest BCUT2D eigenvalue weighted by Crippen LogP contribution is -2.47. The minimum atomic E-state index is -0.361. The van der Waals surface area contributed by atoms with Crippen molar-refractivity contribution in [3.63, 3.8) is 0 Å². The highest BCUT2D eigenvalue weighted by Crippen LogP contribution is 2.43. The molecule has 0 unspecified atom stereocenters. The van der Waals surface area contributed by atoms with Crippen molar-refractivity contribution in [3.05, 3.63) is 41.7 Å². The van der Waals surface area contributed by atoms with Crippen molar-refractivity contribution in [1.29, 1.82) is 0 Å². The molecule has 2 heterocycles. The molecule has 0 radical (unpaired) electrons. The van der Waals surface area contributed by atoms with E-state index in [1.165, 1.54) is 0 Å². The van der Waals surface area contributed by atoms with Gasteiger partial charge in [-0.05, 0) is 36.8 Å². The van der Waals surface area contributed by atoms with Gasteiger partial charge >= 0.3 is 12.0 Å². The molecule has 1 aromatic heterocycles. The topological polar surface area (TPSA) is 91.3 Å². The van der Waals surface area contributed by atoms with Crippen molar-refractivity contribution in [1.82, 2.24) is 14.8 Å². The summed E-state index contributed by atoms with van der Waals surface area (Å²) < 4.78 is 23.5. The lowest BCUT2D eigenvalue weighted by Gasteiger charge is -2.37. The van der Waals surface area contributed by atoms with E-state index in [1.807, 2.05) is 30.5 Å². The number of nitrogens with zero attached hydrogens (tertiary/aromatic N) is 2. The van der Waals surface area contributed by atoms with Crippen LogP contribution in [0.25, 0.3) is 0 Å². The number of nitrogens with one attached hydrogen (secondary N) is 1. The maximum atomic E-state index is 13.1. The smallest absolute Gasteiger partial charge is 0.318 e. The van der Waals surface area contributed by atoms with E-state index in [4.69, 9.17) is 18.9 Å². The van der Waals surface area contributed by atoms with Gasteiger partial charge in [0.2, 0.25) is 5.75 Å². The van der Waals surface area contributed by atoms with Gasteiger partial charge in [-0.1, -0.05) is 0 Å². The normalized spacial score (nSPS) is 15.1. The van der Waals surface area contributed by atoms with E-state index in [-0.39, 0.29) is 31.0 Å². The van der Waals surface area contributed by atoms with Gasteiger partial charge in [0.05, 0.1) is 40.4 Å². The standard InChI is InChI=1S/C22H29N3O6/c1-5-31-19(26)8-9-23-22(27)25-12-11-24-10-6-7-16(24)20(25)15-13-17(28-2)21(30-4)18(14-15)29-3/h6-7,10,13-14,20H,5,8-9,11-12H2,1-4H3,(H,23,27)/t20-/m1/s1. The number of esters is 1. The number of benzene rings is 1. The monoisotopic (exact) mass is 431 g/mol. The fraction of sp³-hybridized carbons (Fsp3) is 0.455. The summed E-state index contributed by atoms with van der Waals surface area (Å²) in [6, 6.07) is 7.05. The number of urea groups is 1. The molecule has 2 aromatic rings. The maximum Gasteiger partial charge on any atom is 0.318 e. The minimum Gasteiger partial charge on any atom is -0.493 e. The largest absolute Gasteiger partial charge is 0.493 e. The molecule has 0 spiro atoms. The van der Waals surface area contributed by atoms with Gasteiger partial charge in [0.25, 0.3) is 0 Å². The summed E-state index contributed by atoms with van der Waals surface area (Å²) >= 11 is 0. The fourth-order valence-electron chi connectivity index (χ4n) is 3.82. The van der Waals surface area contributed by atoms with Crippen LogP contribution in [0.4, 0.5) is 4.79 Å². The Kier molecular flexibility index (Phi) is 7.28. The average molecular weight is 431 g/mol. The second-order valence-corrected chi connectivity index (χ2v) is 6.97. The number of amides is 2. The Morgan fingerprint density at radius 3 is 2.42 bits per heavy atom. The van der Waals surface area contributed by atoms with Gasteiger partial charge < -0.3 is 33.7 Å². The summed E-state index contributed by atoms with van der Waals surface area (Å²) in [5, 5.41) is 2.83. The quantitative estimate of drug-likeness (QED) is 0.646. The number of methoxy groups -OCH3 is 3. The third-order valence-electron chi connectivity index (χ3n) is 5.21. The molecule has 0 fully saturated rings. The lowest BCUT2D eigenvalue weighted by atomic mass is 9.99. The molecule has 0 aliphatic carbocycles. The van der Waals surface area contributed by atoms with Crippen LogP contribution in [-0.2, 0) is 16.1 Å². The molecule has 3 rings (SSSR count). The first-order valence-corrected chi connectivity index (χ1v) is 10.2. The Morgan fingerprint density at radius 1 is 1.10 bits per heavy atom. The van der Waals surface area contributed by atoms with Gasteiger partial charge in [-0.15, -0.1) is 0 Å². The zero-order valence-electron chi connectivity index (χ0n) is 18.3. The Bertz CT molecular complexity index is 901. The summed E-state index contributed by atoms with van der Waals surface area (Å²) in [5.74, 6) is 1.19. The van der Waals surface area contributed by atoms with Gasteiger partial charge in [-0.3, -0.25) is 4.79 Å². The third kappa shape index (κ3) is 4.70. The minimum absolute atomic E-state index is 0.124. The molecule has 1 N–H and O–H groups in total. The number of carbonyl (C=O) groups is 2. The van der Waals surface area contributed by atoms with Crippen molar-refractivity contribution in [2.24, 2.45) is 0 Å². The highest BCUT2D eigenvalue weighted by molar-refractivity contribution is 5.77. The zero-order valence-corrected chi connectivity index (χ0v) is 18.3. The van der Waals surface area contributed by atoms with Crippen molar-refractivity contribution >= 4 is 12.0 Å². The number of carbonyl (C=O) groups excluding carboxylic acids is 2. The van der Waals surface area contributed by atoms with Crippen LogP contribution in [0.3, 0.4) is 0 Å². The van der Waals surface area contributed by atoms with Crippen LogP contribution in [0.15, 0.2) is 30.5 Å². The second kappa shape index (κ2) is 10.1. The molecule has 0 saturated carbocycles. The maximum absolute atomic E-state index is 13.1. The zero-order chi connectivity index (χ0) is 22.4. The number of ether oxygens (including phenoxy) is 4. The molecule has 1 aromatic carbocycles. The SMILES string of the molecule is CCOC(=O)CCNC(=O)N1CCn2cccc2[C@H]1c1cc(OC)c(OC)c(OC)c1. The Morgan fingerprint density at radius 2 is 1.81 bits per heavy atom. The molecule has 0 bridgehead atoms. The highest BCUT2D eigenvalue weighted by Gasteiger charge is 2.33.